The minimum absolute atomic E-state index is 0.0000171. The number of H-pyrrole nitrogens is 1. The minimum atomic E-state index is -1.13. The monoisotopic (exact) mass is 377 g/mol. The Balaban J connectivity index is 1.43. The summed E-state index contributed by atoms with van der Waals surface area (Å²) >= 11 is 0. The maximum absolute atomic E-state index is 12.8. The van der Waals surface area contributed by atoms with E-state index in [9.17, 15) is 9.59 Å². The summed E-state index contributed by atoms with van der Waals surface area (Å²) in [7, 11) is 0. The number of aromatic amines is 1. The second-order valence-electron chi connectivity index (χ2n) is 6.75. The normalized spacial score (nSPS) is 14.8. The first-order valence-electron chi connectivity index (χ1n) is 9.06. The summed E-state index contributed by atoms with van der Waals surface area (Å²) in [6.07, 6.45) is 6.28. The number of nitrogens with zero attached hydrogens (tertiary/aromatic N) is 4. The topological polar surface area (TPSA) is 112 Å². The van der Waals surface area contributed by atoms with Crippen LogP contribution in [-0.2, 0) is 0 Å². The first-order valence-corrected chi connectivity index (χ1v) is 9.06. The molecule has 4 rings (SSSR count). The zero-order valence-electron chi connectivity index (χ0n) is 15.1. The van der Waals surface area contributed by atoms with Gasteiger partial charge < -0.3 is 10.0 Å². The zero-order chi connectivity index (χ0) is 19.5. The summed E-state index contributed by atoms with van der Waals surface area (Å²) in [5, 5.41) is 16.1. The molecule has 1 aliphatic heterocycles. The van der Waals surface area contributed by atoms with Crippen LogP contribution in [0.2, 0.25) is 0 Å². The smallest absolute Gasteiger partial charge is 0.356 e. The molecule has 2 aromatic heterocycles. The van der Waals surface area contributed by atoms with E-state index in [1.54, 1.807) is 30.5 Å². The number of carbonyl (C=O) groups excluding carboxylic acids is 1. The van der Waals surface area contributed by atoms with Crippen molar-refractivity contribution < 1.29 is 14.7 Å². The molecule has 1 fully saturated rings. The molecule has 2 N–H and O–H groups in total. The number of amides is 1. The maximum Gasteiger partial charge on any atom is 0.356 e. The van der Waals surface area contributed by atoms with Crippen molar-refractivity contribution in [3.8, 4) is 11.3 Å². The van der Waals surface area contributed by atoms with Crippen LogP contribution in [0.15, 0.2) is 48.9 Å². The Morgan fingerprint density at radius 2 is 1.82 bits per heavy atom. The van der Waals surface area contributed by atoms with Gasteiger partial charge in [0.05, 0.1) is 18.1 Å². The van der Waals surface area contributed by atoms with Crippen molar-refractivity contribution in [3.63, 3.8) is 0 Å². The Labute approximate surface area is 161 Å². The lowest BCUT2D eigenvalue weighted by Crippen LogP contribution is -2.38. The van der Waals surface area contributed by atoms with Crippen molar-refractivity contribution in [2.24, 2.45) is 0 Å². The van der Waals surface area contributed by atoms with Crippen molar-refractivity contribution in [1.29, 1.82) is 0 Å². The molecule has 1 saturated heterocycles. The van der Waals surface area contributed by atoms with E-state index in [0.29, 0.717) is 35.8 Å². The number of aromatic nitrogens is 4. The molecule has 1 amide bonds. The number of aromatic carboxylic acids is 1. The molecule has 0 bridgehead atoms. The van der Waals surface area contributed by atoms with Crippen LogP contribution >= 0.6 is 0 Å². The number of hydrogen-bond acceptors (Lipinski definition) is 5. The molecule has 3 aromatic rings. The highest BCUT2D eigenvalue weighted by Gasteiger charge is 2.25. The lowest BCUT2D eigenvalue weighted by atomic mass is 9.93. The van der Waals surface area contributed by atoms with Crippen LogP contribution in [0.1, 0.15) is 45.3 Å². The van der Waals surface area contributed by atoms with Crippen LogP contribution in [0.5, 0.6) is 0 Å². The number of nitrogens with one attached hydrogen (secondary N) is 1. The molecule has 8 nitrogen and oxygen atoms in total. The van der Waals surface area contributed by atoms with Crippen molar-refractivity contribution >= 4 is 11.9 Å². The summed E-state index contributed by atoms with van der Waals surface area (Å²) in [6, 6.07) is 9.01. The van der Waals surface area contributed by atoms with Crippen LogP contribution < -0.4 is 0 Å². The zero-order valence-corrected chi connectivity index (χ0v) is 15.1. The van der Waals surface area contributed by atoms with E-state index in [2.05, 4.69) is 20.2 Å². The van der Waals surface area contributed by atoms with Gasteiger partial charge in [-0.2, -0.15) is 5.10 Å². The number of hydrogen-bond donors (Lipinski definition) is 2. The predicted octanol–water partition coefficient (Wildman–Crippen LogP) is 2.58. The average molecular weight is 377 g/mol. The highest BCUT2D eigenvalue weighted by Crippen LogP contribution is 2.27. The number of carbonyl (C=O) groups is 2. The van der Waals surface area contributed by atoms with E-state index in [-0.39, 0.29) is 11.6 Å². The van der Waals surface area contributed by atoms with E-state index in [1.165, 1.54) is 12.4 Å². The second-order valence-corrected chi connectivity index (χ2v) is 6.75. The average Bonchev–Trinajstić information content (AvgIpc) is 3.28. The third kappa shape index (κ3) is 3.62. The molecule has 0 radical (unpaired) electrons. The Kier molecular flexibility index (Phi) is 4.84. The number of benzene rings is 1. The molecule has 0 saturated carbocycles. The molecule has 0 aliphatic carbocycles. The fraction of sp³-hybridized carbons (Fsp3) is 0.250. The van der Waals surface area contributed by atoms with Crippen LogP contribution in [-0.4, -0.2) is 55.1 Å². The SMILES string of the molecule is O=C(O)c1cncc(-c2ccc(C(=O)N3CCC(c4ccn[nH]4)CC3)cc2)n1. The predicted molar refractivity (Wildman–Crippen MR) is 101 cm³/mol. The third-order valence-corrected chi connectivity index (χ3v) is 5.03. The number of piperidine rings is 1. The standard InChI is InChI=1S/C20H19N5O3/c26-19(25-9-6-14(7-10-25)16-5-8-22-24-16)15-3-1-13(2-4-15)17-11-21-12-18(23-17)20(27)28/h1-5,8,11-12,14H,6-7,9-10H2,(H,22,24)(H,27,28). The molecule has 0 spiro atoms. The van der Waals surface area contributed by atoms with E-state index in [1.807, 2.05) is 11.0 Å². The van der Waals surface area contributed by atoms with E-state index < -0.39 is 5.97 Å². The molecule has 28 heavy (non-hydrogen) atoms. The van der Waals surface area contributed by atoms with Crippen molar-refractivity contribution in [3.05, 3.63) is 65.9 Å². The van der Waals surface area contributed by atoms with Crippen LogP contribution in [0.3, 0.4) is 0 Å². The molecule has 0 unspecified atom stereocenters. The molecule has 8 heteroatoms. The van der Waals surface area contributed by atoms with E-state index >= 15 is 0 Å². The van der Waals surface area contributed by atoms with Gasteiger partial charge in [0.15, 0.2) is 5.69 Å². The quantitative estimate of drug-likeness (QED) is 0.723. The summed E-state index contributed by atoms with van der Waals surface area (Å²) < 4.78 is 0. The lowest BCUT2D eigenvalue weighted by molar-refractivity contribution is 0.0687. The maximum atomic E-state index is 12.8. The molecule has 1 aliphatic rings. The van der Waals surface area contributed by atoms with Gasteiger partial charge in [-0.3, -0.25) is 14.9 Å². The lowest BCUT2D eigenvalue weighted by Gasteiger charge is -2.31. The van der Waals surface area contributed by atoms with Crippen LogP contribution in [0, 0.1) is 0 Å². The minimum Gasteiger partial charge on any atom is -0.476 e. The van der Waals surface area contributed by atoms with Gasteiger partial charge >= 0.3 is 5.97 Å². The Hall–Kier alpha value is -3.55. The van der Waals surface area contributed by atoms with Gasteiger partial charge in [-0.25, -0.2) is 9.78 Å². The van der Waals surface area contributed by atoms with Gasteiger partial charge in [-0.15, -0.1) is 0 Å². The van der Waals surface area contributed by atoms with Crippen LogP contribution in [0.4, 0.5) is 0 Å². The number of likely N-dealkylation sites (tertiary alicyclic amines) is 1. The van der Waals surface area contributed by atoms with Gasteiger partial charge in [0, 0.05) is 42.0 Å². The van der Waals surface area contributed by atoms with Gasteiger partial charge in [0.1, 0.15) is 0 Å². The first kappa shape index (κ1) is 17.8. The highest BCUT2D eigenvalue weighted by atomic mass is 16.4. The second kappa shape index (κ2) is 7.59. The number of carboxylic acid groups (broad SMARTS) is 1. The molecule has 142 valence electrons. The Morgan fingerprint density at radius 3 is 2.46 bits per heavy atom. The number of carboxylic acids is 1. The molecule has 1 aromatic carbocycles. The molecule has 3 heterocycles. The molecular formula is C20H19N5O3. The van der Waals surface area contributed by atoms with Crippen LogP contribution in [0.25, 0.3) is 11.3 Å². The fourth-order valence-corrected chi connectivity index (χ4v) is 3.46. The largest absolute Gasteiger partial charge is 0.476 e. The first-order chi connectivity index (χ1) is 13.6. The van der Waals surface area contributed by atoms with Crippen molar-refractivity contribution in [1.82, 2.24) is 25.1 Å². The van der Waals surface area contributed by atoms with Gasteiger partial charge in [0.2, 0.25) is 0 Å². The van der Waals surface area contributed by atoms with Gasteiger partial charge in [-0.1, -0.05) is 12.1 Å². The van der Waals surface area contributed by atoms with Crippen molar-refractivity contribution in [2.45, 2.75) is 18.8 Å². The van der Waals surface area contributed by atoms with E-state index in [0.717, 1.165) is 18.5 Å². The van der Waals surface area contributed by atoms with Gasteiger partial charge in [0.25, 0.3) is 5.91 Å². The van der Waals surface area contributed by atoms with Crippen molar-refractivity contribution in [2.75, 3.05) is 13.1 Å². The number of rotatable bonds is 4. The van der Waals surface area contributed by atoms with Gasteiger partial charge in [-0.05, 0) is 31.0 Å². The summed E-state index contributed by atoms with van der Waals surface area (Å²) in [6.45, 7) is 1.41. The summed E-state index contributed by atoms with van der Waals surface area (Å²) in [4.78, 5) is 33.7. The Bertz CT molecular complexity index is 977. The summed E-state index contributed by atoms with van der Waals surface area (Å²) in [5.74, 6) is -0.714. The summed E-state index contributed by atoms with van der Waals surface area (Å²) in [5.41, 5.74) is 2.79. The highest BCUT2D eigenvalue weighted by molar-refractivity contribution is 5.94. The molecular weight excluding hydrogens is 358 g/mol. The fourth-order valence-electron chi connectivity index (χ4n) is 3.46. The third-order valence-electron chi connectivity index (χ3n) is 5.03. The molecule has 0 atom stereocenters. The van der Waals surface area contributed by atoms with E-state index in [4.69, 9.17) is 5.11 Å². The Morgan fingerprint density at radius 1 is 1.07 bits per heavy atom.